The SMILES string of the molecule is CN=C(NCc1cccc(OC(F)F)c1)NC(C)Cc1c(C)nn(C)c1C.I. The fourth-order valence-corrected chi connectivity index (χ4v) is 2.92. The summed E-state index contributed by atoms with van der Waals surface area (Å²) >= 11 is 0. The number of alkyl halides is 2. The second-order valence-electron chi connectivity index (χ2n) is 6.47. The summed E-state index contributed by atoms with van der Waals surface area (Å²) in [7, 11) is 3.63. The lowest BCUT2D eigenvalue weighted by Gasteiger charge is -2.18. The number of benzene rings is 1. The molecule has 2 aromatic rings. The smallest absolute Gasteiger partial charge is 0.387 e. The first-order valence-electron chi connectivity index (χ1n) is 8.80. The first-order valence-corrected chi connectivity index (χ1v) is 8.80. The van der Waals surface area contributed by atoms with Crippen LogP contribution in [-0.2, 0) is 20.0 Å². The quantitative estimate of drug-likeness (QED) is 0.342. The van der Waals surface area contributed by atoms with Crippen LogP contribution < -0.4 is 15.4 Å². The molecule has 0 aliphatic carbocycles. The third-order valence-corrected chi connectivity index (χ3v) is 4.36. The van der Waals surface area contributed by atoms with Gasteiger partial charge >= 0.3 is 6.61 Å². The van der Waals surface area contributed by atoms with Gasteiger partial charge < -0.3 is 15.4 Å². The van der Waals surface area contributed by atoms with Crippen LogP contribution in [0.3, 0.4) is 0 Å². The largest absolute Gasteiger partial charge is 0.435 e. The van der Waals surface area contributed by atoms with Crippen molar-refractivity contribution in [3.8, 4) is 5.75 Å². The summed E-state index contributed by atoms with van der Waals surface area (Å²) in [6.07, 6.45) is 0.823. The number of rotatable bonds is 7. The molecule has 0 aliphatic heterocycles. The van der Waals surface area contributed by atoms with Crippen LogP contribution in [0.5, 0.6) is 5.75 Å². The molecule has 28 heavy (non-hydrogen) atoms. The fraction of sp³-hybridized carbons (Fsp3) is 0.474. The van der Waals surface area contributed by atoms with E-state index >= 15 is 0 Å². The summed E-state index contributed by atoms with van der Waals surface area (Å²) < 4.78 is 31.0. The second kappa shape index (κ2) is 11.2. The Kier molecular flexibility index (Phi) is 9.63. The number of nitrogens with zero attached hydrogens (tertiary/aromatic N) is 3. The van der Waals surface area contributed by atoms with Crippen molar-refractivity contribution in [2.75, 3.05) is 7.05 Å². The van der Waals surface area contributed by atoms with Crippen molar-refractivity contribution < 1.29 is 13.5 Å². The first kappa shape index (κ1) is 24.1. The van der Waals surface area contributed by atoms with E-state index in [-0.39, 0.29) is 35.8 Å². The summed E-state index contributed by atoms with van der Waals surface area (Å²) in [6.45, 7) is 3.76. The Balaban J connectivity index is 0.00000392. The highest BCUT2D eigenvalue weighted by Crippen LogP contribution is 2.16. The van der Waals surface area contributed by atoms with Crippen molar-refractivity contribution in [3.63, 3.8) is 0 Å². The molecule has 1 aromatic carbocycles. The highest BCUT2D eigenvalue weighted by molar-refractivity contribution is 14.0. The van der Waals surface area contributed by atoms with Crippen LogP contribution in [0.4, 0.5) is 8.78 Å². The summed E-state index contributed by atoms with van der Waals surface area (Å²) in [6, 6.07) is 6.75. The third-order valence-electron chi connectivity index (χ3n) is 4.36. The van der Waals surface area contributed by atoms with Gasteiger partial charge in [0.1, 0.15) is 5.75 Å². The Labute approximate surface area is 181 Å². The highest BCUT2D eigenvalue weighted by atomic mass is 127. The second-order valence-corrected chi connectivity index (χ2v) is 6.47. The van der Waals surface area contributed by atoms with Gasteiger partial charge in [-0.15, -0.1) is 24.0 Å². The Bertz CT molecular complexity index is 795. The number of hydrogen-bond donors (Lipinski definition) is 2. The number of ether oxygens (including phenoxy) is 1. The van der Waals surface area contributed by atoms with Gasteiger partial charge in [0.2, 0.25) is 0 Å². The van der Waals surface area contributed by atoms with Gasteiger partial charge in [0.25, 0.3) is 0 Å². The molecular weight excluding hydrogens is 479 g/mol. The number of aromatic nitrogens is 2. The molecule has 6 nitrogen and oxygen atoms in total. The first-order chi connectivity index (χ1) is 12.8. The molecule has 0 aliphatic rings. The van der Waals surface area contributed by atoms with Crippen molar-refractivity contribution in [1.29, 1.82) is 0 Å². The summed E-state index contributed by atoms with van der Waals surface area (Å²) in [5, 5.41) is 11.0. The molecule has 156 valence electrons. The van der Waals surface area contributed by atoms with Crippen molar-refractivity contribution in [2.24, 2.45) is 12.0 Å². The van der Waals surface area contributed by atoms with E-state index in [0.717, 1.165) is 23.4 Å². The van der Waals surface area contributed by atoms with E-state index in [1.54, 1.807) is 19.2 Å². The van der Waals surface area contributed by atoms with E-state index in [0.29, 0.717) is 12.5 Å². The number of hydrogen-bond acceptors (Lipinski definition) is 3. The molecule has 0 amide bonds. The molecule has 2 N–H and O–H groups in total. The molecule has 1 atom stereocenters. The molecule has 2 rings (SSSR count). The normalized spacial score (nSPS) is 12.5. The number of aryl methyl sites for hydroxylation is 2. The van der Waals surface area contributed by atoms with E-state index in [1.165, 1.54) is 11.6 Å². The van der Waals surface area contributed by atoms with E-state index < -0.39 is 6.61 Å². The van der Waals surface area contributed by atoms with Crippen molar-refractivity contribution in [1.82, 2.24) is 20.4 Å². The average Bonchev–Trinajstić information content (AvgIpc) is 2.84. The molecule has 0 saturated heterocycles. The number of aliphatic imine (C=N–C) groups is 1. The lowest BCUT2D eigenvalue weighted by atomic mass is 10.1. The van der Waals surface area contributed by atoms with Crippen LogP contribution in [0, 0.1) is 13.8 Å². The number of halogens is 3. The van der Waals surface area contributed by atoms with Crippen LogP contribution in [-0.4, -0.2) is 35.4 Å². The number of nitrogens with one attached hydrogen (secondary N) is 2. The Morgan fingerprint density at radius 3 is 2.61 bits per heavy atom. The molecule has 1 aromatic heterocycles. The van der Waals surface area contributed by atoms with Crippen LogP contribution >= 0.6 is 24.0 Å². The van der Waals surface area contributed by atoms with E-state index in [1.807, 2.05) is 24.7 Å². The summed E-state index contributed by atoms with van der Waals surface area (Å²) in [4.78, 5) is 4.23. The van der Waals surface area contributed by atoms with E-state index in [9.17, 15) is 8.78 Å². The van der Waals surface area contributed by atoms with Gasteiger partial charge in [0.05, 0.1) is 5.69 Å². The van der Waals surface area contributed by atoms with Crippen molar-refractivity contribution in [3.05, 3.63) is 46.8 Å². The maximum atomic E-state index is 12.3. The predicted molar refractivity (Wildman–Crippen MR) is 118 cm³/mol. The zero-order valence-electron chi connectivity index (χ0n) is 16.8. The lowest BCUT2D eigenvalue weighted by Crippen LogP contribution is -2.42. The average molecular weight is 507 g/mol. The van der Waals surface area contributed by atoms with Gasteiger partial charge in [-0.25, -0.2) is 0 Å². The molecule has 0 saturated carbocycles. The van der Waals surface area contributed by atoms with Gasteiger partial charge in [0, 0.05) is 32.4 Å². The lowest BCUT2D eigenvalue weighted by molar-refractivity contribution is -0.0498. The summed E-state index contributed by atoms with van der Waals surface area (Å²) in [5.74, 6) is 0.782. The zero-order chi connectivity index (χ0) is 20.0. The maximum Gasteiger partial charge on any atom is 0.387 e. The minimum Gasteiger partial charge on any atom is -0.435 e. The number of guanidine groups is 1. The Morgan fingerprint density at radius 2 is 2.04 bits per heavy atom. The third kappa shape index (κ3) is 6.92. The zero-order valence-corrected chi connectivity index (χ0v) is 19.1. The maximum absolute atomic E-state index is 12.3. The molecule has 0 bridgehead atoms. The van der Waals surface area contributed by atoms with Crippen LogP contribution in [0.15, 0.2) is 29.3 Å². The summed E-state index contributed by atoms with van der Waals surface area (Å²) in [5.41, 5.74) is 4.23. The van der Waals surface area contributed by atoms with Gasteiger partial charge in [0.15, 0.2) is 5.96 Å². The van der Waals surface area contributed by atoms with Gasteiger partial charge in [-0.3, -0.25) is 9.67 Å². The molecular formula is C19H28F2IN5O. The molecule has 1 unspecified atom stereocenters. The standard InChI is InChI=1S/C19H27F2N5O.HI/c1-12(9-17-13(2)25-26(5)14(17)3)24-19(22-4)23-11-15-7-6-8-16(10-15)27-18(20)21;/h6-8,10,12,18H,9,11H2,1-5H3,(H2,22,23,24);1H. The van der Waals surface area contributed by atoms with Crippen LogP contribution in [0.1, 0.15) is 29.4 Å². The Hall–Kier alpha value is -1.91. The topological polar surface area (TPSA) is 63.5 Å². The van der Waals surface area contributed by atoms with Gasteiger partial charge in [-0.05, 0) is 50.5 Å². The minimum atomic E-state index is -2.83. The molecule has 0 spiro atoms. The molecule has 0 radical (unpaired) electrons. The van der Waals surface area contributed by atoms with Crippen LogP contribution in [0.25, 0.3) is 0 Å². The van der Waals surface area contributed by atoms with Crippen LogP contribution in [0.2, 0.25) is 0 Å². The van der Waals surface area contributed by atoms with E-state index in [4.69, 9.17) is 0 Å². The van der Waals surface area contributed by atoms with Gasteiger partial charge in [-0.1, -0.05) is 12.1 Å². The van der Waals surface area contributed by atoms with Gasteiger partial charge in [-0.2, -0.15) is 13.9 Å². The van der Waals surface area contributed by atoms with Crippen molar-refractivity contribution >= 4 is 29.9 Å². The molecule has 1 heterocycles. The van der Waals surface area contributed by atoms with Crippen molar-refractivity contribution in [2.45, 2.75) is 46.4 Å². The van der Waals surface area contributed by atoms with E-state index in [2.05, 4.69) is 39.3 Å². The Morgan fingerprint density at radius 1 is 1.32 bits per heavy atom. The minimum absolute atomic E-state index is 0. The predicted octanol–water partition coefficient (Wildman–Crippen LogP) is 3.55. The fourth-order valence-electron chi connectivity index (χ4n) is 2.92. The highest BCUT2D eigenvalue weighted by Gasteiger charge is 2.14. The molecule has 0 fully saturated rings. The molecule has 9 heteroatoms. The monoisotopic (exact) mass is 507 g/mol.